The van der Waals surface area contributed by atoms with Gasteiger partial charge in [-0.05, 0) is 36.4 Å². The molecule has 0 aliphatic rings. The normalized spacial score (nSPS) is 9.70. The smallest absolute Gasteiger partial charge is 0.258 e. The molecular formula is C16H15N3O4. The summed E-state index contributed by atoms with van der Waals surface area (Å²) in [6, 6.07) is 11.8. The number of benzene rings is 1. The van der Waals surface area contributed by atoms with E-state index in [4.69, 9.17) is 14.4 Å². The molecule has 2 rings (SSSR count). The molecule has 2 aromatic rings. The first-order chi connectivity index (χ1) is 11.2. The number of nitrogens with zero attached hydrogens (tertiary/aromatic N) is 1. The maximum Gasteiger partial charge on any atom is 0.258 e. The Morgan fingerprint density at radius 3 is 2.57 bits per heavy atom. The van der Waals surface area contributed by atoms with Gasteiger partial charge in [-0.1, -0.05) is 0 Å². The molecule has 7 heteroatoms. The highest BCUT2D eigenvalue weighted by Gasteiger charge is 2.07. The van der Waals surface area contributed by atoms with Crippen LogP contribution in [0.25, 0.3) is 0 Å². The number of ether oxygens (including phenoxy) is 1. The third kappa shape index (κ3) is 5.55. The van der Waals surface area contributed by atoms with Crippen molar-refractivity contribution < 1.29 is 18.7 Å². The maximum atomic E-state index is 11.6. The molecule has 0 radical (unpaired) electrons. The van der Waals surface area contributed by atoms with Gasteiger partial charge in [0.1, 0.15) is 11.5 Å². The molecular weight excluding hydrogens is 298 g/mol. The van der Waals surface area contributed by atoms with E-state index in [0.29, 0.717) is 17.1 Å². The third-order valence-corrected chi connectivity index (χ3v) is 2.84. The van der Waals surface area contributed by atoms with Crippen molar-refractivity contribution in [3.05, 3.63) is 54.0 Å². The predicted octanol–water partition coefficient (Wildman–Crippen LogP) is 0.963. The number of nitriles is 1. The zero-order valence-electron chi connectivity index (χ0n) is 12.2. The van der Waals surface area contributed by atoms with Crippen molar-refractivity contribution in [2.45, 2.75) is 6.54 Å². The van der Waals surface area contributed by atoms with Crippen LogP contribution >= 0.6 is 0 Å². The molecule has 23 heavy (non-hydrogen) atoms. The van der Waals surface area contributed by atoms with Crippen molar-refractivity contribution in [3.63, 3.8) is 0 Å². The van der Waals surface area contributed by atoms with Gasteiger partial charge in [-0.3, -0.25) is 9.59 Å². The average Bonchev–Trinajstić information content (AvgIpc) is 3.10. The fourth-order valence-electron chi connectivity index (χ4n) is 1.67. The van der Waals surface area contributed by atoms with Crippen LogP contribution in [0, 0.1) is 11.3 Å². The molecule has 1 heterocycles. The van der Waals surface area contributed by atoms with Crippen LogP contribution in [-0.2, 0) is 16.1 Å². The molecule has 1 aromatic heterocycles. The van der Waals surface area contributed by atoms with Gasteiger partial charge in [0.05, 0.1) is 31.0 Å². The van der Waals surface area contributed by atoms with Crippen molar-refractivity contribution in [2.24, 2.45) is 0 Å². The highest BCUT2D eigenvalue weighted by Crippen LogP contribution is 2.11. The van der Waals surface area contributed by atoms with E-state index in [1.807, 2.05) is 6.07 Å². The lowest BCUT2D eigenvalue weighted by Crippen LogP contribution is -2.38. The second-order valence-corrected chi connectivity index (χ2v) is 4.56. The Balaban J connectivity index is 1.64. The Labute approximate surface area is 132 Å². The lowest BCUT2D eigenvalue weighted by atomic mass is 10.2. The van der Waals surface area contributed by atoms with Crippen LogP contribution in [0.1, 0.15) is 11.3 Å². The van der Waals surface area contributed by atoms with Gasteiger partial charge in [-0.2, -0.15) is 5.26 Å². The van der Waals surface area contributed by atoms with Crippen LogP contribution in [0.2, 0.25) is 0 Å². The zero-order valence-corrected chi connectivity index (χ0v) is 12.2. The van der Waals surface area contributed by atoms with Crippen LogP contribution in [0.5, 0.6) is 5.75 Å². The molecule has 0 saturated heterocycles. The molecule has 118 valence electrons. The largest absolute Gasteiger partial charge is 0.484 e. The quantitative estimate of drug-likeness (QED) is 0.792. The lowest BCUT2D eigenvalue weighted by molar-refractivity contribution is -0.127. The van der Waals surface area contributed by atoms with E-state index in [0.717, 1.165) is 0 Å². The fraction of sp³-hybridized carbons (Fsp3) is 0.188. The van der Waals surface area contributed by atoms with Gasteiger partial charge in [-0.25, -0.2) is 0 Å². The highest BCUT2D eigenvalue weighted by molar-refractivity contribution is 5.85. The number of furan rings is 1. The molecule has 2 amide bonds. The molecule has 7 nitrogen and oxygen atoms in total. The topological polar surface area (TPSA) is 104 Å². The van der Waals surface area contributed by atoms with E-state index in [-0.39, 0.29) is 25.6 Å². The first-order valence-electron chi connectivity index (χ1n) is 6.86. The summed E-state index contributed by atoms with van der Waals surface area (Å²) in [5.74, 6) is 0.367. The van der Waals surface area contributed by atoms with Gasteiger partial charge in [0, 0.05) is 0 Å². The van der Waals surface area contributed by atoms with Crippen molar-refractivity contribution >= 4 is 11.8 Å². The minimum Gasteiger partial charge on any atom is -0.484 e. The number of carbonyl (C=O) groups excluding carboxylic acids is 2. The fourth-order valence-corrected chi connectivity index (χ4v) is 1.67. The molecule has 0 saturated carbocycles. The molecule has 0 aliphatic heterocycles. The number of carbonyl (C=O) groups is 2. The van der Waals surface area contributed by atoms with Crippen molar-refractivity contribution in [1.82, 2.24) is 10.6 Å². The van der Waals surface area contributed by atoms with Gasteiger partial charge in [0.25, 0.3) is 5.91 Å². The Morgan fingerprint density at radius 1 is 1.13 bits per heavy atom. The Morgan fingerprint density at radius 2 is 1.91 bits per heavy atom. The molecule has 0 unspecified atom stereocenters. The minimum atomic E-state index is -0.414. The highest BCUT2D eigenvalue weighted by atomic mass is 16.5. The number of amides is 2. The average molecular weight is 313 g/mol. The number of hydrogen-bond acceptors (Lipinski definition) is 5. The van der Waals surface area contributed by atoms with Crippen LogP contribution in [0.15, 0.2) is 47.1 Å². The summed E-state index contributed by atoms with van der Waals surface area (Å²) in [6.45, 7) is -0.0862. The first kappa shape index (κ1) is 16.1. The van der Waals surface area contributed by atoms with Gasteiger partial charge >= 0.3 is 0 Å². The first-order valence-corrected chi connectivity index (χ1v) is 6.86. The van der Waals surface area contributed by atoms with Crippen molar-refractivity contribution in [1.29, 1.82) is 5.26 Å². The SMILES string of the molecule is N#Cc1ccc(OCC(=O)NCC(=O)NCc2ccco2)cc1. The summed E-state index contributed by atoms with van der Waals surface area (Å²) in [7, 11) is 0. The van der Waals surface area contributed by atoms with E-state index in [9.17, 15) is 9.59 Å². The number of nitrogens with one attached hydrogen (secondary N) is 2. The number of hydrogen-bond donors (Lipinski definition) is 2. The van der Waals surface area contributed by atoms with Crippen LogP contribution in [-0.4, -0.2) is 25.0 Å². The van der Waals surface area contributed by atoms with Gasteiger partial charge < -0.3 is 19.8 Å². The Hall–Kier alpha value is -3.27. The molecule has 1 aromatic carbocycles. The summed E-state index contributed by atoms with van der Waals surface area (Å²) in [5, 5.41) is 13.7. The Bertz CT molecular complexity index is 687. The summed E-state index contributed by atoms with van der Waals surface area (Å²) < 4.78 is 10.3. The minimum absolute atomic E-state index is 0.143. The predicted molar refractivity (Wildman–Crippen MR) is 80.2 cm³/mol. The summed E-state index contributed by atoms with van der Waals surface area (Å²) in [6.07, 6.45) is 1.52. The van der Waals surface area contributed by atoms with Gasteiger partial charge in [0.2, 0.25) is 5.91 Å². The van der Waals surface area contributed by atoms with E-state index in [1.165, 1.54) is 6.26 Å². The molecule has 0 spiro atoms. The zero-order chi connectivity index (χ0) is 16.5. The maximum absolute atomic E-state index is 11.6. The van der Waals surface area contributed by atoms with Crippen LogP contribution in [0.3, 0.4) is 0 Å². The van der Waals surface area contributed by atoms with Crippen LogP contribution < -0.4 is 15.4 Å². The van der Waals surface area contributed by atoms with Crippen molar-refractivity contribution in [2.75, 3.05) is 13.2 Å². The molecule has 0 fully saturated rings. The number of rotatable bonds is 7. The summed E-state index contributed by atoms with van der Waals surface area (Å²) >= 11 is 0. The van der Waals surface area contributed by atoms with Crippen LogP contribution in [0.4, 0.5) is 0 Å². The lowest BCUT2D eigenvalue weighted by Gasteiger charge is -2.07. The van der Waals surface area contributed by atoms with Gasteiger partial charge in [-0.15, -0.1) is 0 Å². The molecule has 0 aliphatic carbocycles. The summed E-state index contributed by atoms with van der Waals surface area (Å²) in [5.41, 5.74) is 0.509. The van der Waals surface area contributed by atoms with Gasteiger partial charge in [0.15, 0.2) is 6.61 Å². The van der Waals surface area contributed by atoms with Crippen molar-refractivity contribution in [3.8, 4) is 11.8 Å². The molecule has 0 bridgehead atoms. The second-order valence-electron chi connectivity index (χ2n) is 4.56. The molecule has 2 N–H and O–H groups in total. The third-order valence-electron chi connectivity index (χ3n) is 2.84. The standard InChI is InChI=1S/C16H15N3O4/c17-8-12-3-5-13(6-4-12)23-11-16(21)19-10-15(20)18-9-14-2-1-7-22-14/h1-7H,9-11H2,(H,18,20)(H,19,21). The van der Waals surface area contributed by atoms with E-state index >= 15 is 0 Å². The Kier molecular flexibility index (Phi) is 5.77. The van der Waals surface area contributed by atoms with E-state index < -0.39 is 5.91 Å². The van der Waals surface area contributed by atoms with E-state index in [1.54, 1.807) is 36.4 Å². The second kappa shape index (κ2) is 8.24. The summed E-state index contributed by atoms with van der Waals surface area (Å²) in [4.78, 5) is 23.1. The molecule has 0 atom stereocenters. The van der Waals surface area contributed by atoms with E-state index in [2.05, 4.69) is 10.6 Å². The monoisotopic (exact) mass is 313 g/mol.